The average molecular weight is 395 g/mol. The summed E-state index contributed by atoms with van der Waals surface area (Å²) in [4.78, 5) is 35.7. The van der Waals surface area contributed by atoms with E-state index in [-0.39, 0.29) is 42.0 Å². The number of hydrazine groups is 1. The Morgan fingerprint density at radius 2 is 1.83 bits per heavy atom. The van der Waals surface area contributed by atoms with Crippen LogP contribution in [0.15, 0.2) is 48.5 Å². The molecular weight excluding hydrogens is 374 g/mol. The van der Waals surface area contributed by atoms with Gasteiger partial charge in [0, 0.05) is 12.5 Å². The molecule has 3 fully saturated rings. The summed E-state index contributed by atoms with van der Waals surface area (Å²) in [6.45, 7) is 3.69. The fraction of sp³-hybridized carbons (Fsp3) is 0.286. The number of amides is 1. The summed E-state index contributed by atoms with van der Waals surface area (Å²) >= 11 is 0. The standard InChI is InChI=1S/C21H21N3O5/c1-3-17(25)29-16-7-5-4-6-15(16)22-19-18-12(2)23(19)24(20(18)26)14-10-8-13(9-11-14)21(27)28/h4-12,18-19,22H,3H2,1-2H3,(H,27,28). The molecule has 3 aliphatic heterocycles. The van der Waals surface area contributed by atoms with Gasteiger partial charge >= 0.3 is 11.9 Å². The maximum absolute atomic E-state index is 12.9. The summed E-state index contributed by atoms with van der Waals surface area (Å²) in [5.74, 6) is -1.24. The zero-order chi connectivity index (χ0) is 20.7. The van der Waals surface area contributed by atoms with Gasteiger partial charge in [-0.15, -0.1) is 0 Å². The molecule has 0 aliphatic carbocycles. The second kappa shape index (κ2) is 7.21. The number of carboxylic acid groups (broad SMARTS) is 1. The number of carboxylic acids is 1. The summed E-state index contributed by atoms with van der Waals surface area (Å²) in [7, 11) is 0. The predicted molar refractivity (Wildman–Crippen MR) is 105 cm³/mol. The molecule has 4 atom stereocenters. The van der Waals surface area contributed by atoms with Crippen LogP contribution in [0.1, 0.15) is 30.6 Å². The fourth-order valence-electron chi connectivity index (χ4n) is 3.84. The molecule has 3 heterocycles. The zero-order valence-electron chi connectivity index (χ0n) is 16.0. The van der Waals surface area contributed by atoms with Crippen LogP contribution in [0.5, 0.6) is 5.75 Å². The number of fused-ring (bicyclic) bond motifs is 1. The topological polar surface area (TPSA) is 99.2 Å². The third kappa shape index (κ3) is 3.11. The van der Waals surface area contributed by atoms with E-state index in [1.807, 2.05) is 18.0 Å². The van der Waals surface area contributed by atoms with Crippen LogP contribution in [0.2, 0.25) is 0 Å². The Morgan fingerprint density at radius 1 is 1.14 bits per heavy atom. The number of nitrogens with zero attached hydrogens (tertiary/aromatic N) is 2. The summed E-state index contributed by atoms with van der Waals surface area (Å²) in [6.07, 6.45) is -0.0135. The van der Waals surface area contributed by atoms with Crippen molar-refractivity contribution in [3.05, 3.63) is 54.1 Å². The first kappa shape index (κ1) is 18.9. The minimum atomic E-state index is -1.01. The lowest BCUT2D eigenvalue weighted by Gasteiger charge is -2.45. The van der Waals surface area contributed by atoms with Crippen molar-refractivity contribution < 1.29 is 24.2 Å². The van der Waals surface area contributed by atoms with Crippen molar-refractivity contribution in [2.45, 2.75) is 32.5 Å². The number of ether oxygens (including phenoxy) is 1. The van der Waals surface area contributed by atoms with Gasteiger partial charge in [-0.3, -0.25) is 9.59 Å². The maximum atomic E-state index is 12.9. The third-order valence-electron chi connectivity index (χ3n) is 5.35. The highest BCUT2D eigenvalue weighted by Gasteiger charge is 2.62. The Labute approximate surface area is 167 Å². The lowest BCUT2D eigenvalue weighted by molar-refractivity contribution is -0.134. The minimum Gasteiger partial charge on any atom is -0.478 e. The van der Waals surface area contributed by atoms with Gasteiger partial charge < -0.3 is 15.2 Å². The van der Waals surface area contributed by atoms with Gasteiger partial charge in [0.05, 0.1) is 22.9 Å². The number of rotatable bonds is 6. The van der Waals surface area contributed by atoms with Crippen LogP contribution in [0.4, 0.5) is 11.4 Å². The van der Waals surface area contributed by atoms with Gasteiger partial charge in [-0.25, -0.2) is 9.80 Å². The van der Waals surface area contributed by atoms with Crippen molar-refractivity contribution in [2.75, 3.05) is 10.3 Å². The fourth-order valence-corrected chi connectivity index (χ4v) is 3.84. The van der Waals surface area contributed by atoms with Gasteiger partial charge in [-0.1, -0.05) is 19.1 Å². The van der Waals surface area contributed by atoms with E-state index >= 15 is 0 Å². The van der Waals surface area contributed by atoms with E-state index in [4.69, 9.17) is 9.84 Å². The van der Waals surface area contributed by atoms with Crippen LogP contribution in [0.3, 0.4) is 0 Å². The highest BCUT2D eigenvalue weighted by atomic mass is 16.5. The van der Waals surface area contributed by atoms with E-state index in [0.29, 0.717) is 17.1 Å². The molecule has 2 N–H and O–H groups in total. The molecule has 3 aliphatic rings. The van der Waals surface area contributed by atoms with Crippen molar-refractivity contribution >= 4 is 29.2 Å². The monoisotopic (exact) mass is 395 g/mol. The van der Waals surface area contributed by atoms with E-state index in [0.717, 1.165) is 0 Å². The summed E-state index contributed by atoms with van der Waals surface area (Å²) in [6, 6.07) is 13.3. The van der Waals surface area contributed by atoms with Crippen molar-refractivity contribution in [2.24, 2.45) is 5.92 Å². The van der Waals surface area contributed by atoms with Crippen molar-refractivity contribution in [3.63, 3.8) is 0 Å². The molecular formula is C21H21N3O5. The molecule has 0 aromatic heterocycles. The molecule has 150 valence electrons. The molecule has 0 saturated carbocycles. The van der Waals surface area contributed by atoms with Crippen LogP contribution in [0.25, 0.3) is 0 Å². The first-order valence-corrected chi connectivity index (χ1v) is 9.44. The normalized spacial score (nSPS) is 24.8. The zero-order valence-corrected chi connectivity index (χ0v) is 16.0. The number of para-hydroxylation sites is 2. The first-order valence-electron chi connectivity index (χ1n) is 9.44. The van der Waals surface area contributed by atoms with Gasteiger partial charge in [0.2, 0.25) is 5.91 Å². The number of aromatic carboxylic acids is 1. The van der Waals surface area contributed by atoms with Gasteiger partial charge in [-0.2, -0.15) is 5.01 Å². The van der Waals surface area contributed by atoms with E-state index in [9.17, 15) is 14.4 Å². The molecule has 1 amide bonds. The highest BCUT2D eigenvalue weighted by Crippen LogP contribution is 2.46. The second-order valence-corrected chi connectivity index (χ2v) is 7.06. The van der Waals surface area contributed by atoms with Gasteiger partial charge in [0.25, 0.3) is 0 Å². The predicted octanol–water partition coefficient (Wildman–Crippen LogP) is 2.72. The largest absolute Gasteiger partial charge is 0.478 e. The number of hydrogen-bond acceptors (Lipinski definition) is 6. The quantitative estimate of drug-likeness (QED) is 0.573. The number of hydrogen-bond donors (Lipinski definition) is 2. The summed E-state index contributed by atoms with van der Waals surface area (Å²) in [5, 5.41) is 15.9. The number of esters is 1. The van der Waals surface area contributed by atoms with Gasteiger partial charge in [0.15, 0.2) is 5.75 Å². The van der Waals surface area contributed by atoms with Crippen molar-refractivity contribution in [1.82, 2.24) is 5.01 Å². The molecule has 2 aromatic rings. The molecule has 3 saturated heterocycles. The Balaban J connectivity index is 1.57. The Bertz CT molecular complexity index is 975. The van der Waals surface area contributed by atoms with Crippen LogP contribution in [0, 0.1) is 5.92 Å². The Kier molecular flexibility index (Phi) is 4.71. The number of nitrogens with one attached hydrogen (secondary N) is 1. The molecule has 2 bridgehead atoms. The molecule has 29 heavy (non-hydrogen) atoms. The second-order valence-electron chi connectivity index (χ2n) is 7.06. The lowest BCUT2D eigenvalue weighted by Crippen LogP contribution is -2.61. The highest BCUT2D eigenvalue weighted by molar-refractivity contribution is 6.01. The van der Waals surface area contributed by atoms with Crippen LogP contribution < -0.4 is 15.1 Å². The Hall–Kier alpha value is -3.39. The first-order chi connectivity index (χ1) is 13.9. The molecule has 2 aromatic carbocycles. The van der Waals surface area contributed by atoms with E-state index in [1.54, 1.807) is 42.3 Å². The summed E-state index contributed by atoms with van der Waals surface area (Å²) in [5.41, 5.74) is 1.42. The molecule has 5 rings (SSSR count). The lowest BCUT2D eigenvalue weighted by atomic mass is 9.90. The van der Waals surface area contributed by atoms with E-state index in [2.05, 4.69) is 5.32 Å². The maximum Gasteiger partial charge on any atom is 0.335 e. The molecule has 0 spiro atoms. The number of carbonyl (C=O) groups is 3. The van der Waals surface area contributed by atoms with Crippen LogP contribution in [-0.2, 0) is 9.59 Å². The molecule has 8 heteroatoms. The molecule has 8 nitrogen and oxygen atoms in total. The van der Waals surface area contributed by atoms with Crippen LogP contribution in [-0.4, -0.2) is 40.2 Å². The minimum absolute atomic E-state index is 0.00417. The van der Waals surface area contributed by atoms with Gasteiger partial charge in [0.1, 0.15) is 6.17 Å². The van der Waals surface area contributed by atoms with Crippen molar-refractivity contribution in [3.8, 4) is 5.75 Å². The number of carbonyl (C=O) groups excluding carboxylic acids is 2. The average Bonchev–Trinajstić information content (AvgIpc) is 3.16. The van der Waals surface area contributed by atoms with Crippen molar-refractivity contribution in [1.29, 1.82) is 0 Å². The van der Waals surface area contributed by atoms with Gasteiger partial charge in [-0.05, 0) is 43.3 Å². The smallest absolute Gasteiger partial charge is 0.335 e. The molecule has 0 radical (unpaired) electrons. The number of benzene rings is 2. The van der Waals surface area contributed by atoms with E-state index < -0.39 is 5.97 Å². The molecule has 4 unspecified atom stereocenters. The SMILES string of the molecule is CCC(=O)Oc1ccccc1NC1C2C(=O)N(c3ccc(C(=O)O)cc3)N1C2C. The van der Waals surface area contributed by atoms with Crippen LogP contribution >= 0.6 is 0 Å². The number of anilines is 2. The Morgan fingerprint density at radius 3 is 2.48 bits per heavy atom. The summed E-state index contributed by atoms with van der Waals surface area (Å²) < 4.78 is 5.38. The van der Waals surface area contributed by atoms with E-state index in [1.165, 1.54) is 12.1 Å². The third-order valence-corrected chi connectivity index (χ3v) is 5.35.